The van der Waals surface area contributed by atoms with E-state index >= 15 is 0 Å². The Hall–Kier alpha value is -0.940. The fourth-order valence-electron chi connectivity index (χ4n) is 2.67. The Morgan fingerprint density at radius 1 is 1.37 bits per heavy atom. The minimum absolute atomic E-state index is 0.437. The van der Waals surface area contributed by atoms with Gasteiger partial charge in [-0.05, 0) is 38.1 Å². The summed E-state index contributed by atoms with van der Waals surface area (Å²) in [6, 6.07) is 0. The first-order valence-electron chi connectivity index (χ1n) is 7.34. The van der Waals surface area contributed by atoms with Gasteiger partial charge in [0.05, 0.1) is 24.9 Å². The molecule has 1 aromatic heterocycles. The smallest absolute Gasteiger partial charge is 0.0964 e. The number of nitrogens with zero attached hydrogens (tertiary/aromatic N) is 3. The summed E-state index contributed by atoms with van der Waals surface area (Å²) in [7, 11) is 1.91. The Kier molecular flexibility index (Phi) is 5.34. The molecule has 19 heavy (non-hydrogen) atoms. The Labute approximate surface area is 115 Å². The highest BCUT2D eigenvalue weighted by Gasteiger charge is 2.24. The number of nitrogens with one attached hydrogen (secondary N) is 1. The van der Waals surface area contributed by atoms with Crippen LogP contribution in [-0.4, -0.2) is 34.8 Å². The minimum atomic E-state index is 0.437. The molecule has 0 saturated heterocycles. The molecule has 3 unspecified atom stereocenters. The van der Waals surface area contributed by atoms with E-state index in [4.69, 9.17) is 4.74 Å². The summed E-state index contributed by atoms with van der Waals surface area (Å²) in [5.74, 6) is 1.63. The molecule has 1 saturated carbocycles. The van der Waals surface area contributed by atoms with Gasteiger partial charge in [0.2, 0.25) is 0 Å². The summed E-state index contributed by atoms with van der Waals surface area (Å²) in [5, 5.41) is 11.2. The van der Waals surface area contributed by atoms with E-state index in [1.807, 2.05) is 17.9 Å². The summed E-state index contributed by atoms with van der Waals surface area (Å²) in [6.45, 7) is 6.96. The van der Waals surface area contributed by atoms with Crippen LogP contribution in [0.4, 0.5) is 0 Å². The number of hydrogen-bond acceptors (Lipinski definition) is 4. The lowest BCUT2D eigenvalue weighted by molar-refractivity contribution is -0.00184. The van der Waals surface area contributed by atoms with Crippen molar-refractivity contribution in [1.82, 2.24) is 20.3 Å². The van der Waals surface area contributed by atoms with Crippen molar-refractivity contribution < 1.29 is 4.74 Å². The quantitative estimate of drug-likeness (QED) is 0.853. The second-order valence-electron chi connectivity index (χ2n) is 5.76. The Bertz CT molecular complexity index is 379. The van der Waals surface area contributed by atoms with E-state index in [1.54, 1.807) is 0 Å². The van der Waals surface area contributed by atoms with E-state index in [0.717, 1.165) is 37.2 Å². The van der Waals surface area contributed by atoms with Gasteiger partial charge in [0.1, 0.15) is 0 Å². The highest BCUT2D eigenvalue weighted by Crippen LogP contribution is 2.30. The molecular weight excluding hydrogens is 240 g/mol. The van der Waals surface area contributed by atoms with Gasteiger partial charge in [0.15, 0.2) is 0 Å². The topological polar surface area (TPSA) is 52.0 Å². The number of rotatable bonds is 6. The van der Waals surface area contributed by atoms with Gasteiger partial charge in [-0.25, -0.2) is 4.68 Å². The lowest BCUT2D eigenvalue weighted by Crippen LogP contribution is -2.27. The van der Waals surface area contributed by atoms with E-state index in [0.29, 0.717) is 6.10 Å². The Morgan fingerprint density at radius 2 is 2.21 bits per heavy atom. The minimum Gasteiger partial charge on any atom is -0.376 e. The molecule has 3 atom stereocenters. The molecule has 1 aliphatic carbocycles. The van der Waals surface area contributed by atoms with Gasteiger partial charge in [0, 0.05) is 12.7 Å². The number of hydrogen-bond donors (Lipinski definition) is 1. The van der Waals surface area contributed by atoms with Crippen molar-refractivity contribution in [1.29, 1.82) is 0 Å². The molecule has 0 radical (unpaired) electrons. The van der Waals surface area contributed by atoms with E-state index in [1.165, 1.54) is 19.3 Å². The van der Waals surface area contributed by atoms with Gasteiger partial charge >= 0.3 is 0 Å². The zero-order valence-electron chi connectivity index (χ0n) is 12.3. The van der Waals surface area contributed by atoms with Crippen molar-refractivity contribution in [2.45, 2.75) is 52.3 Å². The van der Waals surface area contributed by atoms with E-state index in [2.05, 4.69) is 29.5 Å². The average Bonchev–Trinajstić information content (AvgIpc) is 2.82. The first kappa shape index (κ1) is 14.5. The van der Waals surface area contributed by atoms with Crippen LogP contribution in [0.3, 0.4) is 0 Å². The van der Waals surface area contributed by atoms with Gasteiger partial charge in [-0.15, -0.1) is 5.10 Å². The van der Waals surface area contributed by atoms with Crippen LogP contribution >= 0.6 is 0 Å². The molecule has 0 aliphatic heterocycles. The van der Waals surface area contributed by atoms with Crippen molar-refractivity contribution in [3.63, 3.8) is 0 Å². The van der Waals surface area contributed by atoms with Crippen molar-refractivity contribution in [2.75, 3.05) is 13.7 Å². The molecule has 108 valence electrons. The highest BCUT2D eigenvalue weighted by molar-refractivity contribution is 4.90. The summed E-state index contributed by atoms with van der Waals surface area (Å²) in [4.78, 5) is 0. The number of aromatic nitrogens is 3. The standard InChI is InChI=1S/C14H26N4O/c1-11-4-5-14(8-12(11)2)19-7-6-18-10-13(9-15-3)16-17-18/h10-12,14-15H,4-9H2,1-3H3. The SMILES string of the molecule is CNCc1cn(CCOC2CCC(C)C(C)C2)nn1. The van der Waals surface area contributed by atoms with E-state index in [9.17, 15) is 0 Å². The third-order valence-electron chi connectivity index (χ3n) is 4.17. The van der Waals surface area contributed by atoms with Gasteiger partial charge in [-0.3, -0.25) is 0 Å². The maximum Gasteiger partial charge on any atom is 0.0964 e. The number of ether oxygens (including phenoxy) is 1. The molecule has 5 heteroatoms. The lowest BCUT2D eigenvalue weighted by Gasteiger charge is -2.31. The third kappa shape index (κ3) is 4.28. The molecule has 2 rings (SSSR count). The van der Waals surface area contributed by atoms with Crippen LogP contribution in [0.2, 0.25) is 0 Å². The van der Waals surface area contributed by atoms with Crippen LogP contribution < -0.4 is 5.32 Å². The largest absolute Gasteiger partial charge is 0.376 e. The van der Waals surface area contributed by atoms with Crippen LogP contribution in [0.5, 0.6) is 0 Å². The normalized spacial score (nSPS) is 27.6. The fraction of sp³-hybridized carbons (Fsp3) is 0.857. The summed E-state index contributed by atoms with van der Waals surface area (Å²) >= 11 is 0. The predicted molar refractivity (Wildman–Crippen MR) is 74.7 cm³/mol. The summed E-state index contributed by atoms with van der Waals surface area (Å²) in [5.41, 5.74) is 0.975. The van der Waals surface area contributed by atoms with Crippen LogP contribution in [-0.2, 0) is 17.8 Å². The zero-order chi connectivity index (χ0) is 13.7. The molecule has 1 aliphatic rings. The van der Waals surface area contributed by atoms with Gasteiger partial charge in [-0.2, -0.15) is 0 Å². The molecule has 1 heterocycles. The maximum atomic E-state index is 5.97. The predicted octanol–water partition coefficient (Wildman–Crippen LogP) is 1.84. The van der Waals surface area contributed by atoms with E-state index < -0.39 is 0 Å². The fourth-order valence-corrected chi connectivity index (χ4v) is 2.67. The zero-order valence-corrected chi connectivity index (χ0v) is 12.3. The van der Waals surface area contributed by atoms with Crippen molar-refractivity contribution in [3.05, 3.63) is 11.9 Å². The summed E-state index contributed by atoms with van der Waals surface area (Å²) in [6.07, 6.45) is 6.11. The molecule has 5 nitrogen and oxygen atoms in total. The van der Waals surface area contributed by atoms with Gasteiger partial charge in [0.25, 0.3) is 0 Å². The first-order valence-corrected chi connectivity index (χ1v) is 7.34. The first-order chi connectivity index (χ1) is 9.19. The summed E-state index contributed by atoms with van der Waals surface area (Å²) < 4.78 is 7.83. The average molecular weight is 266 g/mol. The van der Waals surface area contributed by atoms with Gasteiger partial charge < -0.3 is 10.1 Å². The van der Waals surface area contributed by atoms with E-state index in [-0.39, 0.29) is 0 Å². The Balaban J connectivity index is 1.68. The molecule has 0 bridgehead atoms. The molecule has 1 N–H and O–H groups in total. The van der Waals surface area contributed by atoms with Gasteiger partial charge in [-0.1, -0.05) is 19.1 Å². The second-order valence-corrected chi connectivity index (χ2v) is 5.76. The molecule has 0 amide bonds. The van der Waals surface area contributed by atoms with Crippen LogP contribution in [0, 0.1) is 11.8 Å². The van der Waals surface area contributed by atoms with Crippen LogP contribution in [0.15, 0.2) is 6.20 Å². The monoisotopic (exact) mass is 266 g/mol. The second kappa shape index (κ2) is 7.01. The Morgan fingerprint density at radius 3 is 2.95 bits per heavy atom. The third-order valence-corrected chi connectivity index (χ3v) is 4.17. The molecule has 0 aromatic carbocycles. The maximum absolute atomic E-state index is 5.97. The van der Waals surface area contributed by atoms with Crippen molar-refractivity contribution >= 4 is 0 Å². The molecule has 1 aromatic rings. The lowest BCUT2D eigenvalue weighted by atomic mass is 9.80. The highest BCUT2D eigenvalue weighted by atomic mass is 16.5. The van der Waals surface area contributed by atoms with Crippen molar-refractivity contribution in [2.24, 2.45) is 11.8 Å². The van der Waals surface area contributed by atoms with Crippen molar-refractivity contribution in [3.8, 4) is 0 Å². The van der Waals surface area contributed by atoms with Crippen LogP contribution in [0.1, 0.15) is 38.8 Å². The molecule has 0 spiro atoms. The van der Waals surface area contributed by atoms with Crippen LogP contribution in [0.25, 0.3) is 0 Å². The molecule has 1 fully saturated rings. The molecular formula is C14H26N4O.